The van der Waals surface area contributed by atoms with Crippen molar-refractivity contribution in [2.75, 3.05) is 26.3 Å². The van der Waals surface area contributed by atoms with Crippen molar-refractivity contribution in [3.63, 3.8) is 0 Å². The molecule has 3 aliphatic rings. The zero-order chi connectivity index (χ0) is 27.9. The van der Waals surface area contributed by atoms with Crippen LogP contribution in [0.25, 0.3) is 0 Å². The first-order chi connectivity index (χ1) is 18.3. The van der Waals surface area contributed by atoms with Crippen LogP contribution in [0.15, 0.2) is 25.3 Å². The van der Waals surface area contributed by atoms with Gasteiger partial charge in [0.1, 0.15) is 6.04 Å². The van der Waals surface area contributed by atoms with Crippen molar-refractivity contribution in [1.82, 2.24) is 9.80 Å². The van der Waals surface area contributed by atoms with Gasteiger partial charge in [0.05, 0.1) is 23.2 Å². The number of carbonyl (C=O) groups excluding carboxylic acids is 3. The number of rotatable bonds is 17. The number of likely N-dealkylation sites (tertiary alicyclic amines) is 1. The molecule has 0 radical (unpaired) electrons. The van der Waals surface area contributed by atoms with Crippen LogP contribution in [-0.2, 0) is 19.1 Å². The highest BCUT2D eigenvalue weighted by molar-refractivity contribution is 8.02. The van der Waals surface area contributed by atoms with Gasteiger partial charge in [0.25, 0.3) is 0 Å². The number of ether oxygens (including phenoxy) is 1. The van der Waals surface area contributed by atoms with E-state index in [4.69, 9.17) is 9.84 Å². The number of unbranched alkanes of at least 4 members (excludes halogenated alkanes) is 4. The van der Waals surface area contributed by atoms with Gasteiger partial charge in [-0.25, -0.2) is 0 Å². The summed E-state index contributed by atoms with van der Waals surface area (Å²) in [5.74, 6) is -1.29. The van der Waals surface area contributed by atoms with Gasteiger partial charge in [-0.3, -0.25) is 14.4 Å². The number of carbonyl (C=O) groups is 3. The van der Waals surface area contributed by atoms with Crippen LogP contribution >= 0.6 is 11.8 Å². The van der Waals surface area contributed by atoms with E-state index in [2.05, 4.69) is 33.9 Å². The fourth-order valence-corrected chi connectivity index (χ4v) is 9.31. The molecule has 0 saturated carbocycles. The van der Waals surface area contributed by atoms with Crippen LogP contribution in [0.4, 0.5) is 0 Å². The quantitative estimate of drug-likeness (QED) is 0.163. The highest BCUT2D eigenvalue weighted by Crippen LogP contribution is 2.68. The maximum absolute atomic E-state index is 14.4. The molecule has 3 heterocycles. The molecule has 0 aliphatic carbocycles. The third-order valence-corrected chi connectivity index (χ3v) is 10.8. The summed E-state index contributed by atoms with van der Waals surface area (Å²) in [7, 11) is 0. The van der Waals surface area contributed by atoms with Crippen molar-refractivity contribution in [3.8, 4) is 0 Å². The Kier molecular flexibility index (Phi) is 11.3. The first kappa shape index (κ1) is 30.7. The standard InChI is InChI=1S/C30H48N2O5S/c1-6-9-14-19-37-29(36)24-23-20-21(4)30(38-23)25(24)27(34)32(17-12-10-11-13-18-33)26(30)28(35)31(16-8-3)22(5)15-7-2/h6,8,21-26,33H,1,3,7,9-20H2,2,4-5H3/t21?,22?,23-,24+,25+,26?,30?/m1/s1. The van der Waals surface area contributed by atoms with E-state index < -0.39 is 22.6 Å². The Labute approximate surface area is 233 Å². The summed E-state index contributed by atoms with van der Waals surface area (Å²) >= 11 is 1.70. The highest BCUT2D eigenvalue weighted by atomic mass is 32.2. The normalized spacial score (nSPS) is 30.3. The molecule has 3 fully saturated rings. The molecule has 7 atom stereocenters. The molecule has 3 aliphatic heterocycles. The summed E-state index contributed by atoms with van der Waals surface area (Å²) in [6, 6.07) is -0.562. The van der Waals surface area contributed by atoms with Crippen LogP contribution in [0.1, 0.15) is 78.6 Å². The van der Waals surface area contributed by atoms with Gasteiger partial charge >= 0.3 is 5.97 Å². The van der Waals surface area contributed by atoms with Gasteiger partial charge in [0.2, 0.25) is 11.8 Å². The number of esters is 1. The smallest absolute Gasteiger partial charge is 0.310 e. The third-order valence-electron chi connectivity index (χ3n) is 8.70. The Bertz CT molecular complexity index is 866. The summed E-state index contributed by atoms with van der Waals surface area (Å²) in [5.41, 5.74) is 0. The van der Waals surface area contributed by atoms with Crippen LogP contribution < -0.4 is 0 Å². The van der Waals surface area contributed by atoms with Gasteiger partial charge < -0.3 is 19.6 Å². The van der Waals surface area contributed by atoms with Crippen LogP contribution in [0.2, 0.25) is 0 Å². The minimum absolute atomic E-state index is 0.00576. The second-order valence-electron chi connectivity index (χ2n) is 11.2. The molecule has 7 nitrogen and oxygen atoms in total. The van der Waals surface area contributed by atoms with Crippen molar-refractivity contribution in [2.45, 2.75) is 101 Å². The van der Waals surface area contributed by atoms with E-state index >= 15 is 0 Å². The Balaban J connectivity index is 1.94. The largest absolute Gasteiger partial charge is 0.465 e. The summed E-state index contributed by atoms with van der Waals surface area (Å²) in [6.07, 6.45) is 11.0. The van der Waals surface area contributed by atoms with Crippen molar-refractivity contribution in [2.24, 2.45) is 17.8 Å². The molecule has 2 bridgehead atoms. The lowest BCUT2D eigenvalue weighted by molar-refractivity contribution is -0.154. The number of aliphatic hydroxyl groups is 1. The molecule has 8 heteroatoms. The Morgan fingerprint density at radius 2 is 1.97 bits per heavy atom. The van der Waals surface area contributed by atoms with E-state index in [1.165, 1.54) is 0 Å². The summed E-state index contributed by atoms with van der Waals surface area (Å²) < 4.78 is 5.05. The van der Waals surface area contributed by atoms with Crippen molar-refractivity contribution in [3.05, 3.63) is 25.3 Å². The highest BCUT2D eigenvalue weighted by Gasteiger charge is 2.76. The van der Waals surface area contributed by atoms with Crippen LogP contribution in [0.5, 0.6) is 0 Å². The van der Waals surface area contributed by atoms with Crippen molar-refractivity contribution < 1.29 is 24.2 Å². The van der Waals surface area contributed by atoms with E-state index in [-0.39, 0.29) is 41.6 Å². The Morgan fingerprint density at radius 3 is 2.63 bits per heavy atom. The zero-order valence-corrected chi connectivity index (χ0v) is 24.4. The molecule has 1 N–H and O–H groups in total. The van der Waals surface area contributed by atoms with E-state index in [1.54, 1.807) is 17.8 Å². The van der Waals surface area contributed by atoms with Crippen molar-refractivity contribution in [1.29, 1.82) is 0 Å². The number of fused-ring (bicyclic) bond motifs is 1. The number of hydrogen-bond acceptors (Lipinski definition) is 6. The van der Waals surface area contributed by atoms with Crippen LogP contribution in [-0.4, -0.2) is 81.1 Å². The molecule has 1 spiro atoms. The van der Waals surface area contributed by atoms with Gasteiger partial charge in [-0.1, -0.05) is 45.3 Å². The number of amides is 2. The molecule has 0 aromatic carbocycles. The summed E-state index contributed by atoms with van der Waals surface area (Å²) in [4.78, 5) is 45.7. The van der Waals surface area contributed by atoms with Crippen molar-refractivity contribution >= 4 is 29.5 Å². The molecule has 3 rings (SSSR count). The minimum Gasteiger partial charge on any atom is -0.465 e. The van der Waals surface area contributed by atoms with Gasteiger partial charge in [0.15, 0.2) is 0 Å². The predicted octanol–water partition coefficient (Wildman–Crippen LogP) is 4.59. The number of nitrogens with zero attached hydrogens (tertiary/aromatic N) is 2. The van der Waals surface area contributed by atoms with Gasteiger partial charge in [0, 0.05) is 31.0 Å². The molecule has 4 unspecified atom stereocenters. The fourth-order valence-electron chi connectivity index (χ4n) is 6.91. The molecule has 38 heavy (non-hydrogen) atoms. The maximum atomic E-state index is 14.4. The molecule has 2 amide bonds. The Morgan fingerprint density at radius 1 is 1.24 bits per heavy atom. The fraction of sp³-hybridized carbons (Fsp3) is 0.767. The number of allylic oxidation sites excluding steroid dienone is 1. The number of thioether (sulfide) groups is 1. The minimum atomic E-state index is -0.625. The lowest BCUT2D eigenvalue weighted by atomic mass is 9.66. The Hall–Kier alpha value is -1.80. The van der Waals surface area contributed by atoms with Gasteiger partial charge in [-0.05, 0) is 51.4 Å². The second-order valence-corrected chi connectivity index (χ2v) is 12.8. The molecule has 3 saturated heterocycles. The monoisotopic (exact) mass is 548 g/mol. The molecule has 0 aromatic rings. The molecular weight excluding hydrogens is 500 g/mol. The average molecular weight is 549 g/mol. The second kappa shape index (κ2) is 14.0. The zero-order valence-electron chi connectivity index (χ0n) is 23.6. The van der Waals surface area contributed by atoms with E-state index in [1.807, 2.05) is 15.9 Å². The topological polar surface area (TPSA) is 87.1 Å². The van der Waals surface area contributed by atoms with E-state index in [0.29, 0.717) is 26.1 Å². The van der Waals surface area contributed by atoms with Gasteiger partial charge in [-0.2, -0.15) is 0 Å². The lowest BCUT2D eigenvalue weighted by Gasteiger charge is -2.41. The SMILES string of the molecule is C=CCCCOC(=O)[C@@H]1[C@H]2C(=O)N(CCCCCCO)C(C(=O)N(CC=C)C(C)CCC)C23S[C@@H]1CC3C. The van der Waals surface area contributed by atoms with E-state index in [9.17, 15) is 14.4 Å². The first-order valence-corrected chi connectivity index (χ1v) is 15.5. The number of aliphatic hydroxyl groups excluding tert-OH is 1. The molecular formula is C30H48N2O5S. The third kappa shape index (κ3) is 5.86. The van der Waals surface area contributed by atoms with Crippen LogP contribution in [0.3, 0.4) is 0 Å². The summed E-state index contributed by atoms with van der Waals surface area (Å²) in [5, 5.41) is 9.14. The van der Waals surface area contributed by atoms with E-state index in [0.717, 1.165) is 51.4 Å². The molecule has 0 aromatic heterocycles. The predicted molar refractivity (Wildman–Crippen MR) is 153 cm³/mol. The van der Waals surface area contributed by atoms with Gasteiger partial charge in [-0.15, -0.1) is 24.9 Å². The average Bonchev–Trinajstić information content (AvgIpc) is 3.48. The lowest BCUT2D eigenvalue weighted by Crippen LogP contribution is -2.58. The first-order valence-electron chi connectivity index (χ1n) is 14.6. The number of hydrogen-bond donors (Lipinski definition) is 1. The summed E-state index contributed by atoms with van der Waals surface area (Å²) in [6.45, 7) is 15.4. The molecule has 214 valence electrons. The van der Waals surface area contributed by atoms with Crippen LogP contribution in [0, 0.1) is 17.8 Å². The maximum Gasteiger partial charge on any atom is 0.310 e.